The molecule has 0 heterocycles. The lowest BCUT2D eigenvalue weighted by atomic mass is 10.00. The number of hydrogen-bond donors (Lipinski definition) is 3. The zero-order valence-electron chi connectivity index (χ0n) is 63.5. The van der Waals surface area contributed by atoms with Crippen LogP contribution in [0, 0.1) is 17.8 Å². The first-order valence-corrected chi connectivity index (χ1v) is 43.4. The smallest absolute Gasteiger partial charge is 0.462 e. The summed E-state index contributed by atoms with van der Waals surface area (Å²) in [5, 5.41) is 10.6. The molecule has 0 fully saturated rings. The van der Waals surface area contributed by atoms with Gasteiger partial charge in [0.25, 0.3) is 0 Å². The molecule has 0 radical (unpaired) electrons. The van der Waals surface area contributed by atoms with Gasteiger partial charge in [0.05, 0.1) is 26.4 Å². The van der Waals surface area contributed by atoms with E-state index in [1.165, 1.54) is 205 Å². The lowest BCUT2D eigenvalue weighted by Gasteiger charge is -2.21. The summed E-state index contributed by atoms with van der Waals surface area (Å²) in [6.07, 6.45) is 55.7. The van der Waals surface area contributed by atoms with Gasteiger partial charge in [0.15, 0.2) is 12.2 Å². The van der Waals surface area contributed by atoms with Gasteiger partial charge in [0.2, 0.25) is 0 Å². The van der Waals surface area contributed by atoms with Gasteiger partial charge in [-0.25, -0.2) is 9.13 Å². The summed E-state index contributed by atoms with van der Waals surface area (Å²) in [4.78, 5) is 72.8. The van der Waals surface area contributed by atoms with Crippen LogP contribution in [0.1, 0.15) is 402 Å². The van der Waals surface area contributed by atoms with E-state index < -0.39 is 97.5 Å². The predicted molar refractivity (Wildman–Crippen MR) is 395 cm³/mol. The predicted octanol–water partition coefficient (Wildman–Crippen LogP) is 23.0. The van der Waals surface area contributed by atoms with Crippen LogP contribution in [0.4, 0.5) is 0 Å². The minimum Gasteiger partial charge on any atom is -0.462 e. The van der Waals surface area contributed by atoms with Crippen LogP contribution >= 0.6 is 15.6 Å². The van der Waals surface area contributed by atoms with Crippen LogP contribution in [-0.2, 0) is 65.4 Å². The Balaban J connectivity index is 5.21. The third kappa shape index (κ3) is 70.9. The minimum absolute atomic E-state index is 0.104. The van der Waals surface area contributed by atoms with Crippen LogP contribution in [-0.4, -0.2) is 96.7 Å². The fourth-order valence-electron chi connectivity index (χ4n) is 11.9. The highest BCUT2D eigenvalue weighted by molar-refractivity contribution is 7.47. The Hall–Kier alpha value is -1.94. The average molecular weight is 1420 g/mol. The van der Waals surface area contributed by atoms with E-state index in [2.05, 4.69) is 48.5 Å². The van der Waals surface area contributed by atoms with E-state index in [4.69, 9.17) is 37.0 Å². The number of phosphoric ester groups is 2. The molecule has 0 aromatic carbocycles. The van der Waals surface area contributed by atoms with Crippen molar-refractivity contribution in [2.45, 2.75) is 420 Å². The topological polar surface area (TPSA) is 237 Å². The average Bonchev–Trinajstić information content (AvgIpc) is 1.29. The number of unbranched alkanes of at least 4 members (excludes halogenated alkanes) is 43. The van der Waals surface area contributed by atoms with Crippen molar-refractivity contribution in [3.63, 3.8) is 0 Å². The van der Waals surface area contributed by atoms with Gasteiger partial charge in [0.1, 0.15) is 19.3 Å². The molecule has 0 aliphatic carbocycles. The molecule has 6 atom stereocenters. The van der Waals surface area contributed by atoms with E-state index in [0.29, 0.717) is 25.7 Å². The van der Waals surface area contributed by atoms with Gasteiger partial charge in [-0.05, 0) is 43.4 Å². The molecule has 0 saturated heterocycles. The third-order valence-corrected chi connectivity index (χ3v) is 20.4. The van der Waals surface area contributed by atoms with E-state index in [0.717, 1.165) is 114 Å². The monoisotopic (exact) mass is 1420 g/mol. The Morgan fingerprint density at radius 1 is 0.299 bits per heavy atom. The lowest BCUT2D eigenvalue weighted by Crippen LogP contribution is -2.30. The Morgan fingerprint density at radius 3 is 0.784 bits per heavy atom. The summed E-state index contributed by atoms with van der Waals surface area (Å²) in [6.45, 7) is 11.9. The zero-order valence-corrected chi connectivity index (χ0v) is 65.3. The van der Waals surface area contributed by atoms with Gasteiger partial charge in [-0.1, -0.05) is 350 Å². The molecule has 97 heavy (non-hydrogen) atoms. The first kappa shape index (κ1) is 95.1. The Morgan fingerprint density at radius 2 is 0.526 bits per heavy atom. The van der Waals surface area contributed by atoms with Crippen LogP contribution in [0.25, 0.3) is 0 Å². The first-order chi connectivity index (χ1) is 46.8. The normalized spacial score (nSPS) is 14.3. The van der Waals surface area contributed by atoms with Crippen molar-refractivity contribution in [2.75, 3.05) is 39.6 Å². The SMILES string of the molecule is CCCCCCCCCCCCCCCCCC(=O)OC[C@H](COP(=O)(O)OC[C@@H](O)COP(=O)(O)OC[C@@H](COC(=O)CCCCCCCCC(C)CC)OC(=O)CCCCCCCCCCC(C)C)OC(=O)CCCCCCCCCCCCCCCCCCCCC(C)C. The molecule has 3 unspecified atom stereocenters. The van der Waals surface area contributed by atoms with Crippen LogP contribution in [0.2, 0.25) is 0 Å². The summed E-state index contributed by atoms with van der Waals surface area (Å²) in [6, 6.07) is 0. The van der Waals surface area contributed by atoms with Crippen LogP contribution in [0.5, 0.6) is 0 Å². The first-order valence-electron chi connectivity index (χ1n) is 40.4. The molecule has 0 aliphatic rings. The number of ether oxygens (including phenoxy) is 4. The molecule has 0 bridgehead atoms. The highest BCUT2D eigenvalue weighted by Crippen LogP contribution is 2.45. The van der Waals surface area contributed by atoms with E-state index in [-0.39, 0.29) is 25.7 Å². The summed E-state index contributed by atoms with van der Waals surface area (Å²) in [7, 11) is -9.91. The molecule has 17 nitrogen and oxygen atoms in total. The van der Waals surface area contributed by atoms with Crippen molar-refractivity contribution < 1.29 is 80.2 Å². The fourth-order valence-corrected chi connectivity index (χ4v) is 13.5. The molecule has 576 valence electrons. The highest BCUT2D eigenvalue weighted by atomic mass is 31.2. The van der Waals surface area contributed by atoms with Gasteiger partial charge in [0, 0.05) is 25.7 Å². The molecule has 0 aromatic heterocycles. The number of hydrogen-bond acceptors (Lipinski definition) is 15. The van der Waals surface area contributed by atoms with Crippen molar-refractivity contribution in [1.29, 1.82) is 0 Å². The van der Waals surface area contributed by atoms with E-state index in [1.807, 2.05) is 0 Å². The Bertz CT molecular complexity index is 1890. The van der Waals surface area contributed by atoms with Crippen molar-refractivity contribution in [3.05, 3.63) is 0 Å². The summed E-state index contributed by atoms with van der Waals surface area (Å²) >= 11 is 0. The molecule has 0 amide bonds. The summed E-state index contributed by atoms with van der Waals surface area (Å²) < 4.78 is 68.6. The second-order valence-corrected chi connectivity index (χ2v) is 32.2. The highest BCUT2D eigenvalue weighted by Gasteiger charge is 2.30. The quantitative estimate of drug-likeness (QED) is 0.0222. The van der Waals surface area contributed by atoms with E-state index in [9.17, 15) is 43.2 Å². The van der Waals surface area contributed by atoms with Crippen molar-refractivity contribution in [2.24, 2.45) is 17.8 Å². The number of aliphatic hydroxyl groups is 1. The number of aliphatic hydroxyl groups excluding tert-OH is 1. The molecule has 0 saturated carbocycles. The largest absolute Gasteiger partial charge is 0.472 e. The molecular weight excluding hydrogens is 1270 g/mol. The number of carbonyl (C=O) groups excluding carboxylic acids is 4. The second kappa shape index (κ2) is 68.5. The van der Waals surface area contributed by atoms with Crippen molar-refractivity contribution in [3.8, 4) is 0 Å². The van der Waals surface area contributed by atoms with Gasteiger partial charge >= 0.3 is 39.5 Å². The molecule has 0 spiro atoms. The molecule has 0 aliphatic heterocycles. The Labute approximate surface area is 594 Å². The van der Waals surface area contributed by atoms with Gasteiger partial charge in [-0.3, -0.25) is 37.3 Å². The number of phosphoric acid groups is 2. The summed E-state index contributed by atoms with van der Waals surface area (Å²) in [5.41, 5.74) is 0. The molecule has 0 aromatic rings. The standard InChI is InChI=1S/C78H152O17P2/c1-8-10-11-12-13-14-15-16-21-25-28-31-37-45-52-59-75(80)88-65-73(94-77(82)61-54-47-38-32-29-26-23-20-18-17-19-22-24-27-30-35-42-49-56-69(3)4)67-92-96(84,85)90-63-72(79)64-91-97(86,87)93-68-74(66-89-76(81)60-53-46-41-40-44-51-58-71(7)9-2)95-78(83)62-55-48-39-34-33-36-43-50-57-70(5)6/h69-74,79H,8-68H2,1-7H3,(H,84,85)(H,86,87)/t71?,72-,73-,74-/m1/s1. The number of carbonyl (C=O) groups is 4. The van der Waals surface area contributed by atoms with Crippen LogP contribution < -0.4 is 0 Å². The zero-order chi connectivity index (χ0) is 71.6. The second-order valence-electron chi connectivity index (χ2n) is 29.3. The molecule has 0 rings (SSSR count). The fraction of sp³-hybridized carbons (Fsp3) is 0.949. The van der Waals surface area contributed by atoms with E-state index >= 15 is 0 Å². The van der Waals surface area contributed by atoms with E-state index in [1.54, 1.807) is 0 Å². The van der Waals surface area contributed by atoms with Gasteiger partial charge in [-0.2, -0.15) is 0 Å². The molecule has 19 heteroatoms. The maximum absolute atomic E-state index is 13.1. The maximum Gasteiger partial charge on any atom is 0.472 e. The van der Waals surface area contributed by atoms with Crippen LogP contribution in [0.3, 0.4) is 0 Å². The molecular formula is C78H152O17P2. The number of rotatable bonds is 76. The summed E-state index contributed by atoms with van der Waals surface area (Å²) in [5.74, 6) is 0.151. The maximum atomic E-state index is 13.1. The van der Waals surface area contributed by atoms with Gasteiger partial charge in [-0.15, -0.1) is 0 Å². The van der Waals surface area contributed by atoms with Crippen LogP contribution in [0.15, 0.2) is 0 Å². The van der Waals surface area contributed by atoms with Crippen molar-refractivity contribution in [1.82, 2.24) is 0 Å². The molecule has 3 N–H and O–H groups in total. The number of esters is 4. The van der Waals surface area contributed by atoms with Crippen molar-refractivity contribution >= 4 is 39.5 Å². The lowest BCUT2D eigenvalue weighted by molar-refractivity contribution is -0.161. The minimum atomic E-state index is -4.96. The van der Waals surface area contributed by atoms with Gasteiger partial charge < -0.3 is 33.8 Å². The third-order valence-electron chi connectivity index (χ3n) is 18.5. The Kier molecular flexibility index (Phi) is 67.1.